The van der Waals surface area contributed by atoms with Gasteiger partial charge in [0.05, 0.1) is 11.5 Å². The number of nitrogens with zero attached hydrogens (tertiary/aromatic N) is 1. The Morgan fingerprint density at radius 1 is 1.13 bits per heavy atom. The second-order valence-electron chi connectivity index (χ2n) is 7.49. The van der Waals surface area contributed by atoms with Crippen molar-refractivity contribution in [2.24, 2.45) is 5.92 Å². The molecule has 1 N–H and O–H groups in total. The Hall–Kier alpha value is -3.36. The SMILES string of the molecule is Cc1cc(C)cc(N2C[C@H](C(=O)OCC(=O)Nc3cccc(C(F)(F)F)c3)CC2=O)c1. The van der Waals surface area contributed by atoms with Crippen molar-refractivity contribution in [3.63, 3.8) is 0 Å². The van der Waals surface area contributed by atoms with Crippen molar-refractivity contribution in [2.75, 3.05) is 23.4 Å². The highest BCUT2D eigenvalue weighted by Gasteiger charge is 2.36. The van der Waals surface area contributed by atoms with Gasteiger partial charge < -0.3 is 15.0 Å². The Kier molecular flexibility index (Phi) is 6.33. The van der Waals surface area contributed by atoms with E-state index in [0.29, 0.717) is 5.69 Å². The molecule has 1 fully saturated rings. The van der Waals surface area contributed by atoms with Gasteiger partial charge in [-0.25, -0.2) is 0 Å². The average molecular weight is 434 g/mol. The number of nitrogens with one attached hydrogen (secondary N) is 1. The van der Waals surface area contributed by atoms with Gasteiger partial charge in [0.25, 0.3) is 5.91 Å². The van der Waals surface area contributed by atoms with Crippen molar-refractivity contribution in [2.45, 2.75) is 26.4 Å². The van der Waals surface area contributed by atoms with Gasteiger partial charge in [-0.3, -0.25) is 14.4 Å². The number of anilines is 2. The summed E-state index contributed by atoms with van der Waals surface area (Å²) in [7, 11) is 0. The number of ether oxygens (including phenoxy) is 1. The van der Waals surface area contributed by atoms with E-state index in [-0.39, 0.29) is 24.6 Å². The first kappa shape index (κ1) is 22.3. The number of hydrogen-bond acceptors (Lipinski definition) is 4. The highest BCUT2D eigenvalue weighted by Crippen LogP contribution is 2.31. The van der Waals surface area contributed by atoms with Crippen LogP contribution in [0.3, 0.4) is 0 Å². The number of alkyl halides is 3. The first-order chi connectivity index (χ1) is 14.5. The molecule has 2 aromatic rings. The number of amides is 2. The van der Waals surface area contributed by atoms with Crippen LogP contribution in [0.1, 0.15) is 23.1 Å². The number of halogens is 3. The third-order valence-corrected chi connectivity index (χ3v) is 4.80. The predicted molar refractivity (Wildman–Crippen MR) is 107 cm³/mol. The van der Waals surface area contributed by atoms with Crippen LogP contribution in [0.2, 0.25) is 0 Å². The molecule has 0 unspecified atom stereocenters. The maximum Gasteiger partial charge on any atom is 0.416 e. The average Bonchev–Trinajstić information content (AvgIpc) is 3.07. The molecule has 1 aliphatic rings. The van der Waals surface area contributed by atoms with Gasteiger partial charge in [0.15, 0.2) is 6.61 Å². The van der Waals surface area contributed by atoms with Crippen LogP contribution in [-0.4, -0.2) is 30.9 Å². The highest BCUT2D eigenvalue weighted by molar-refractivity contribution is 6.00. The quantitative estimate of drug-likeness (QED) is 0.726. The maximum absolute atomic E-state index is 12.7. The molecule has 0 spiro atoms. The zero-order valence-corrected chi connectivity index (χ0v) is 17.0. The van der Waals surface area contributed by atoms with Crippen LogP contribution >= 0.6 is 0 Å². The van der Waals surface area contributed by atoms with E-state index in [0.717, 1.165) is 29.3 Å². The van der Waals surface area contributed by atoms with E-state index in [1.165, 1.54) is 11.0 Å². The van der Waals surface area contributed by atoms with Gasteiger partial charge in [-0.1, -0.05) is 12.1 Å². The second-order valence-corrected chi connectivity index (χ2v) is 7.49. The molecule has 164 valence electrons. The number of rotatable bonds is 5. The van der Waals surface area contributed by atoms with Gasteiger partial charge in [0.2, 0.25) is 5.91 Å². The number of esters is 1. The van der Waals surface area contributed by atoms with Crippen molar-refractivity contribution in [1.82, 2.24) is 0 Å². The van der Waals surface area contributed by atoms with Crippen LogP contribution in [0, 0.1) is 19.8 Å². The lowest BCUT2D eigenvalue weighted by Crippen LogP contribution is -2.28. The second kappa shape index (κ2) is 8.79. The zero-order valence-electron chi connectivity index (χ0n) is 17.0. The van der Waals surface area contributed by atoms with Gasteiger partial charge in [-0.05, 0) is 55.3 Å². The third-order valence-electron chi connectivity index (χ3n) is 4.80. The molecule has 2 aromatic carbocycles. The number of benzene rings is 2. The summed E-state index contributed by atoms with van der Waals surface area (Å²) in [4.78, 5) is 38.1. The molecule has 3 rings (SSSR count). The number of carbonyl (C=O) groups is 3. The van der Waals surface area contributed by atoms with E-state index in [4.69, 9.17) is 4.74 Å². The molecule has 9 heteroatoms. The summed E-state index contributed by atoms with van der Waals surface area (Å²) in [6.45, 7) is 3.29. The van der Waals surface area contributed by atoms with Crippen LogP contribution < -0.4 is 10.2 Å². The summed E-state index contributed by atoms with van der Waals surface area (Å²) in [6.07, 6.45) is -4.58. The monoisotopic (exact) mass is 434 g/mol. The number of aryl methyl sites for hydroxylation is 2. The van der Waals surface area contributed by atoms with E-state index in [2.05, 4.69) is 5.32 Å². The molecule has 1 heterocycles. The van der Waals surface area contributed by atoms with E-state index in [9.17, 15) is 27.6 Å². The van der Waals surface area contributed by atoms with Crippen LogP contribution in [0.4, 0.5) is 24.5 Å². The van der Waals surface area contributed by atoms with E-state index >= 15 is 0 Å². The van der Waals surface area contributed by atoms with Gasteiger partial charge >= 0.3 is 12.1 Å². The minimum atomic E-state index is -4.54. The van der Waals surface area contributed by atoms with Crippen molar-refractivity contribution in [3.8, 4) is 0 Å². The molecule has 1 saturated heterocycles. The molecule has 0 bridgehead atoms. The van der Waals surface area contributed by atoms with E-state index < -0.39 is 36.1 Å². The fraction of sp³-hybridized carbons (Fsp3) is 0.318. The molecule has 6 nitrogen and oxygen atoms in total. The summed E-state index contributed by atoms with van der Waals surface area (Å²) < 4.78 is 43.2. The van der Waals surface area contributed by atoms with Crippen LogP contribution in [0.25, 0.3) is 0 Å². The standard InChI is InChI=1S/C22H21F3N2O4/c1-13-6-14(2)8-18(7-13)27-11-15(9-20(27)29)21(30)31-12-19(28)26-17-5-3-4-16(10-17)22(23,24)25/h3-8,10,15H,9,11-12H2,1-2H3,(H,26,28)/t15-/m1/s1. The van der Waals surface area contributed by atoms with Gasteiger partial charge in [-0.15, -0.1) is 0 Å². The van der Waals surface area contributed by atoms with E-state index in [1.54, 1.807) is 0 Å². The first-order valence-electron chi connectivity index (χ1n) is 9.55. The molecule has 0 aromatic heterocycles. The fourth-order valence-corrected chi connectivity index (χ4v) is 3.45. The van der Waals surface area contributed by atoms with Crippen molar-refractivity contribution < 1.29 is 32.3 Å². The topological polar surface area (TPSA) is 75.7 Å². The van der Waals surface area contributed by atoms with Crippen molar-refractivity contribution in [1.29, 1.82) is 0 Å². The molecular weight excluding hydrogens is 413 g/mol. The molecule has 2 amide bonds. The smallest absolute Gasteiger partial charge is 0.416 e. The minimum Gasteiger partial charge on any atom is -0.455 e. The van der Waals surface area contributed by atoms with Gasteiger partial charge in [0, 0.05) is 24.3 Å². The summed E-state index contributed by atoms with van der Waals surface area (Å²) >= 11 is 0. The predicted octanol–water partition coefficient (Wildman–Crippen LogP) is 3.86. The van der Waals surface area contributed by atoms with Gasteiger partial charge in [-0.2, -0.15) is 13.2 Å². The Morgan fingerprint density at radius 2 is 1.81 bits per heavy atom. The Morgan fingerprint density at radius 3 is 2.45 bits per heavy atom. The van der Waals surface area contributed by atoms with Crippen molar-refractivity contribution in [3.05, 3.63) is 59.2 Å². The van der Waals surface area contributed by atoms with Crippen LogP contribution in [-0.2, 0) is 25.3 Å². The zero-order chi connectivity index (χ0) is 22.8. The molecular formula is C22H21F3N2O4. The summed E-state index contributed by atoms with van der Waals surface area (Å²) in [5.41, 5.74) is 1.70. The summed E-state index contributed by atoms with van der Waals surface area (Å²) in [5.74, 6) is -2.43. The largest absolute Gasteiger partial charge is 0.455 e. The normalized spacial score (nSPS) is 16.4. The summed E-state index contributed by atoms with van der Waals surface area (Å²) in [6, 6.07) is 9.80. The highest BCUT2D eigenvalue weighted by atomic mass is 19.4. The van der Waals surface area contributed by atoms with Crippen LogP contribution in [0.5, 0.6) is 0 Å². The third kappa shape index (κ3) is 5.62. The number of hydrogen-bond donors (Lipinski definition) is 1. The van der Waals surface area contributed by atoms with Crippen molar-refractivity contribution >= 4 is 29.2 Å². The minimum absolute atomic E-state index is 0.0406. The Balaban J connectivity index is 1.55. The maximum atomic E-state index is 12.7. The molecule has 31 heavy (non-hydrogen) atoms. The lowest BCUT2D eigenvalue weighted by atomic mass is 10.1. The fourth-order valence-electron chi connectivity index (χ4n) is 3.45. The lowest BCUT2D eigenvalue weighted by Gasteiger charge is -2.18. The number of carbonyl (C=O) groups excluding carboxylic acids is 3. The van der Waals surface area contributed by atoms with Gasteiger partial charge in [0.1, 0.15) is 0 Å². The molecule has 0 radical (unpaired) electrons. The Bertz CT molecular complexity index is 1000. The molecule has 0 aliphatic carbocycles. The van der Waals surface area contributed by atoms with Crippen LogP contribution in [0.15, 0.2) is 42.5 Å². The Labute approximate surface area is 177 Å². The molecule has 1 aliphatic heterocycles. The summed E-state index contributed by atoms with van der Waals surface area (Å²) in [5, 5.41) is 2.26. The first-order valence-corrected chi connectivity index (χ1v) is 9.55. The molecule has 1 atom stereocenters. The molecule has 0 saturated carbocycles. The van der Waals surface area contributed by atoms with E-state index in [1.807, 2.05) is 32.0 Å². The lowest BCUT2D eigenvalue weighted by molar-refractivity contribution is -0.151.